The van der Waals surface area contributed by atoms with Gasteiger partial charge in [-0.15, -0.1) is 11.3 Å². The lowest BCUT2D eigenvalue weighted by Gasteiger charge is -2.27. The molecule has 0 unspecified atom stereocenters. The topological polar surface area (TPSA) is 113 Å². The number of aromatic nitrogens is 2. The first kappa shape index (κ1) is 16.3. The molecule has 0 bridgehead atoms. The quantitative estimate of drug-likeness (QED) is 0.714. The first-order chi connectivity index (χ1) is 11.7. The van der Waals surface area contributed by atoms with Gasteiger partial charge in [-0.2, -0.15) is 0 Å². The second-order valence-electron chi connectivity index (χ2n) is 5.30. The van der Waals surface area contributed by atoms with Crippen LogP contribution in [0.4, 0.5) is 11.5 Å². The van der Waals surface area contributed by atoms with Gasteiger partial charge in [-0.25, -0.2) is 9.97 Å². The fourth-order valence-electron chi connectivity index (χ4n) is 2.33. The molecular weight excluding hydrogens is 328 g/mol. The summed E-state index contributed by atoms with van der Waals surface area (Å²) in [6, 6.07) is 3.55. The zero-order valence-electron chi connectivity index (χ0n) is 13.0. The number of nitrogens with two attached hydrogens (primary N) is 1. The average molecular weight is 346 g/mol. The summed E-state index contributed by atoms with van der Waals surface area (Å²) in [6.45, 7) is 2.12. The van der Waals surface area contributed by atoms with Crippen LogP contribution in [0.5, 0.6) is 0 Å². The van der Waals surface area contributed by atoms with Crippen molar-refractivity contribution in [3.05, 3.63) is 34.4 Å². The molecule has 1 saturated heterocycles. The zero-order chi connectivity index (χ0) is 16.9. The van der Waals surface area contributed by atoms with Gasteiger partial charge in [-0.1, -0.05) is 0 Å². The summed E-state index contributed by atoms with van der Waals surface area (Å²) in [6.07, 6.45) is 2.24. The van der Waals surface area contributed by atoms with Gasteiger partial charge in [0.1, 0.15) is 11.5 Å². The molecule has 3 rings (SSSR count). The Morgan fingerprint density at radius 3 is 3.04 bits per heavy atom. The van der Waals surface area contributed by atoms with Gasteiger partial charge in [0.25, 0.3) is 5.91 Å². The number of anilines is 2. The van der Waals surface area contributed by atoms with Gasteiger partial charge in [0.05, 0.1) is 23.4 Å². The SMILES string of the molecule is NCCc1nc(C(=O)Nc2ccc(N3CCNC(=O)C3)nc2)cs1. The Morgan fingerprint density at radius 2 is 2.33 bits per heavy atom. The summed E-state index contributed by atoms with van der Waals surface area (Å²) in [4.78, 5) is 34.0. The summed E-state index contributed by atoms with van der Waals surface area (Å²) < 4.78 is 0. The molecule has 1 fully saturated rings. The highest BCUT2D eigenvalue weighted by Crippen LogP contribution is 2.16. The Labute approximate surface area is 143 Å². The van der Waals surface area contributed by atoms with Gasteiger partial charge in [0.15, 0.2) is 0 Å². The molecular formula is C15H18N6O2S. The predicted octanol–water partition coefficient (Wildman–Crippen LogP) is 0.228. The van der Waals surface area contributed by atoms with E-state index in [1.807, 2.05) is 4.90 Å². The molecule has 8 nitrogen and oxygen atoms in total. The first-order valence-corrected chi connectivity index (χ1v) is 8.47. The molecule has 126 valence electrons. The Kier molecular flexibility index (Phi) is 5.02. The number of hydrogen-bond acceptors (Lipinski definition) is 7. The molecule has 0 radical (unpaired) electrons. The third-order valence-corrected chi connectivity index (χ3v) is 4.42. The maximum absolute atomic E-state index is 12.2. The van der Waals surface area contributed by atoms with Crippen LogP contribution in [0.25, 0.3) is 0 Å². The normalized spacial score (nSPS) is 14.4. The maximum Gasteiger partial charge on any atom is 0.275 e. The van der Waals surface area contributed by atoms with E-state index in [4.69, 9.17) is 5.73 Å². The number of piperazine rings is 1. The fourth-order valence-corrected chi connectivity index (χ4v) is 3.12. The van der Waals surface area contributed by atoms with E-state index < -0.39 is 0 Å². The highest BCUT2D eigenvalue weighted by molar-refractivity contribution is 7.09. The van der Waals surface area contributed by atoms with E-state index in [2.05, 4.69) is 20.6 Å². The summed E-state index contributed by atoms with van der Waals surface area (Å²) >= 11 is 1.42. The highest BCUT2D eigenvalue weighted by atomic mass is 32.1. The predicted molar refractivity (Wildman–Crippen MR) is 92.3 cm³/mol. The summed E-state index contributed by atoms with van der Waals surface area (Å²) in [5.74, 6) is 0.417. The van der Waals surface area contributed by atoms with Crippen molar-refractivity contribution >= 4 is 34.7 Å². The van der Waals surface area contributed by atoms with Gasteiger partial charge in [0.2, 0.25) is 5.91 Å². The third kappa shape index (κ3) is 3.87. The van der Waals surface area contributed by atoms with Gasteiger partial charge in [-0.05, 0) is 18.7 Å². The molecule has 3 heterocycles. The van der Waals surface area contributed by atoms with E-state index in [-0.39, 0.29) is 11.8 Å². The van der Waals surface area contributed by atoms with E-state index in [0.717, 1.165) is 5.01 Å². The van der Waals surface area contributed by atoms with E-state index >= 15 is 0 Å². The highest BCUT2D eigenvalue weighted by Gasteiger charge is 2.17. The second kappa shape index (κ2) is 7.37. The summed E-state index contributed by atoms with van der Waals surface area (Å²) in [5, 5.41) is 8.10. The molecule has 2 aromatic rings. The Morgan fingerprint density at radius 1 is 1.46 bits per heavy atom. The van der Waals surface area contributed by atoms with E-state index in [1.165, 1.54) is 11.3 Å². The molecule has 1 aliphatic heterocycles. The lowest BCUT2D eigenvalue weighted by atomic mass is 10.3. The van der Waals surface area contributed by atoms with Crippen molar-refractivity contribution in [2.75, 3.05) is 36.4 Å². The minimum absolute atomic E-state index is 0.0164. The molecule has 0 saturated carbocycles. The molecule has 0 atom stereocenters. The van der Waals surface area contributed by atoms with Crippen molar-refractivity contribution in [1.29, 1.82) is 0 Å². The van der Waals surface area contributed by atoms with Gasteiger partial charge < -0.3 is 21.3 Å². The second-order valence-corrected chi connectivity index (χ2v) is 6.24. The lowest BCUT2D eigenvalue weighted by molar-refractivity contribution is -0.120. The standard InChI is InChI=1S/C15H18N6O2S/c16-4-3-14-20-11(9-24-14)15(23)19-10-1-2-12(18-7-10)21-6-5-17-13(22)8-21/h1-2,7,9H,3-6,8,16H2,(H,17,22)(H,19,23). The van der Waals surface area contributed by atoms with Crippen LogP contribution in [0.2, 0.25) is 0 Å². The molecule has 4 N–H and O–H groups in total. The van der Waals surface area contributed by atoms with Crippen molar-refractivity contribution in [2.24, 2.45) is 5.73 Å². The van der Waals surface area contributed by atoms with Crippen LogP contribution in [0, 0.1) is 0 Å². The average Bonchev–Trinajstić information content (AvgIpc) is 3.05. The number of pyridine rings is 1. The minimum atomic E-state index is -0.276. The number of thiazole rings is 1. The Balaban J connectivity index is 1.62. The van der Waals surface area contributed by atoms with Crippen molar-refractivity contribution < 1.29 is 9.59 Å². The van der Waals surface area contributed by atoms with Crippen molar-refractivity contribution in [2.45, 2.75) is 6.42 Å². The number of rotatable bonds is 5. The van der Waals surface area contributed by atoms with Crippen molar-refractivity contribution in [3.8, 4) is 0 Å². The van der Waals surface area contributed by atoms with Crippen LogP contribution >= 0.6 is 11.3 Å². The van der Waals surface area contributed by atoms with E-state index in [9.17, 15) is 9.59 Å². The van der Waals surface area contributed by atoms with E-state index in [0.29, 0.717) is 49.8 Å². The maximum atomic E-state index is 12.2. The minimum Gasteiger partial charge on any atom is -0.353 e. The molecule has 0 aliphatic carbocycles. The first-order valence-electron chi connectivity index (χ1n) is 7.59. The molecule has 24 heavy (non-hydrogen) atoms. The van der Waals surface area contributed by atoms with Gasteiger partial charge in [-0.3, -0.25) is 9.59 Å². The number of nitrogens with one attached hydrogen (secondary N) is 2. The van der Waals surface area contributed by atoms with Crippen LogP contribution in [-0.2, 0) is 11.2 Å². The zero-order valence-corrected chi connectivity index (χ0v) is 13.8. The van der Waals surface area contributed by atoms with Crippen LogP contribution in [0.3, 0.4) is 0 Å². The Hall–Kier alpha value is -2.52. The van der Waals surface area contributed by atoms with Crippen molar-refractivity contribution in [3.63, 3.8) is 0 Å². The number of amides is 2. The molecule has 0 aromatic carbocycles. The molecule has 2 aromatic heterocycles. The molecule has 2 amide bonds. The third-order valence-electron chi connectivity index (χ3n) is 3.51. The monoisotopic (exact) mass is 346 g/mol. The molecule has 0 spiro atoms. The van der Waals surface area contributed by atoms with Crippen LogP contribution in [0.1, 0.15) is 15.5 Å². The Bertz CT molecular complexity index is 730. The number of carbonyl (C=O) groups is 2. The van der Waals surface area contributed by atoms with Gasteiger partial charge in [0, 0.05) is 24.9 Å². The van der Waals surface area contributed by atoms with E-state index in [1.54, 1.807) is 23.7 Å². The number of carbonyl (C=O) groups excluding carboxylic acids is 2. The van der Waals surface area contributed by atoms with Crippen LogP contribution in [-0.4, -0.2) is 48.0 Å². The van der Waals surface area contributed by atoms with Crippen LogP contribution < -0.4 is 21.3 Å². The lowest BCUT2D eigenvalue weighted by Crippen LogP contribution is -2.48. The largest absolute Gasteiger partial charge is 0.353 e. The number of nitrogens with zero attached hydrogens (tertiary/aromatic N) is 3. The van der Waals surface area contributed by atoms with Gasteiger partial charge >= 0.3 is 0 Å². The fraction of sp³-hybridized carbons (Fsp3) is 0.333. The molecule has 9 heteroatoms. The summed E-state index contributed by atoms with van der Waals surface area (Å²) in [5.41, 5.74) is 6.44. The number of hydrogen-bond donors (Lipinski definition) is 3. The molecule has 1 aliphatic rings. The summed E-state index contributed by atoms with van der Waals surface area (Å²) in [7, 11) is 0. The van der Waals surface area contributed by atoms with Crippen molar-refractivity contribution in [1.82, 2.24) is 15.3 Å². The smallest absolute Gasteiger partial charge is 0.275 e. The van der Waals surface area contributed by atoms with Crippen LogP contribution in [0.15, 0.2) is 23.7 Å².